The van der Waals surface area contributed by atoms with Gasteiger partial charge in [0, 0.05) is 44.6 Å². The molecule has 4 aliphatic rings. The molecular weight excluding hydrogens is 508 g/mol. The van der Waals surface area contributed by atoms with Gasteiger partial charge in [-0.05, 0) is 44.0 Å². The first-order valence-electron chi connectivity index (χ1n) is 14.6. The highest BCUT2D eigenvalue weighted by Crippen LogP contribution is 2.54. The van der Waals surface area contributed by atoms with E-state index < -0.39 is 35.6 Å². The SMILES string of the molecule is CC[C@H](C)[C@H](CO)N1C(=O)[C@@H]2[C@H]3C(=O)N(C)CC=C[C@H]3O[C@@]23C=CCN(c2ccc(N(CC)CC)cc2)C(=O)C13. The second-order valence-corrected chi connectivity index (χ2v) is 11.4. The lowest BCUT2D eigenvalue weighted by atomic mass is 9.77. The Morgan fingerprint density at radius 3 is 2.35 bits per heavy atom. The van der Waals surface area contributed by atoms with Crippen LogP contribution < -0.4 is 9.80 Å². The molecule has 0 radical (unpaired) electrons. The Kier molecular flexibility index (Phi) is 7.81. The van der Waals surface area contributed by atoms with Crippen molar-refractivity contribution < 1.29 is 24.2 Å². The number of carbonyl (C=O) groups is 3. The van der Waals surface area contributed by atoms with Gasteiger partial charge in [0.1, 0.15) is 11.6 Å². The first-order valence-corrected chi connectivity index (χ1v) is 14.6. The Hall–Kier alpha value is -3.17. The quantitative estimate of drug-likeness (QED) is 0.500. The molecule has 0 aromatic heterocycles. The highest BCUT2D eigenvalue weighted by Gasteiger charge is 2.72. The van der Waals surface area contributed by atoms with Crippen molar-refractivity contribution in [1.29, 1.82) is 0 Å². The molecule has 9 heteroatoms. The van der Waals surface area contributed by atoms with Gasteiger partial charge in [0.2, 0.25) is 11.8 Å². The van der Waals surface area contributed by atoms with Crippen LogP contribution in [0.5, 0.6) is 0 Å². The average molecular weight is 551 g/mol. The normalized spacial score (nSPS) is 31.1. The van der Waals surface area contributed by atoms with E-state index in [1.165, 1.54) is 0 Å². The lowest BCUT2D eigenvalue weighted by Crippen LogP contribution is -2.59. The topological polar surface area (TPSA) is 93.6 Å². The number of likely N-dealkylation sites (N-methyl/N-ethyl adjacent to an activating group) is 1. The fraction of sp³-hybridized carbons (Fsp3) is 0.581. The van der Waals surface area contributed by atoms with E-state index in [1.807, 2.05) is 62.4 Å². The number of rotatable bonds is 8. The van der Waals surface area contributed by atoms with Gasteiger partial charge in [-0.25, -0.2) is 0 Å². The molecule has 5 rings (SSSR count). The van der Waals surface area contributed by atoms with Crippen LogP contribution in [-0.2, 0) is 19.1 Å². The van der Waals surface area contributed by atoms with Gasteiger partial charge in [-0.15, -0.1) is 0 Å². The lowest BCUT2D eigenvalue weighted by Gasteiger charge is -2.40. The van der Waals surface area contributed by atoms with Crippen LogP contribution >= 0.6 is 0 Å². The Morgan fingerprint density at radius 1 is 1.02 bits per heavy atom. The van der Waals surface area contributed by atoms with Crippen molar-refractivity contribution in [2.45, 2.75) is 57.9 Å². The first kappa shape index (κ1) is 28.4. The van der Waals surface area contributed by atoms with Crippen molar-refractivity contribution in [2.75, 3.05) is 49.6 Å². The largest absolute Gasteiger partial charge is 0.394 e. The standard InChI is InChI=1S/C31H42N4O5/c1-6-20(4)23(19-36)35-27-30(39)34(22-14-12-21(13-15-22)33(7-2)8-3)18-10-16-31(27)26(29(35)38)25-24(40-31)11-9-17-32(5)28(25)37/h9-16,20,23-27,36H,6-8,17-19H2,1-5H3/t20-,23-,24+,25-,26-,27?,31-/m0/s1. The number of benzene rings is 1. The van der Waals surface area contributed by atoms with Crippen LogP contribution in [0.3, 0.4) is 0 Å². The number of fused-ring (bicyclic) bond motifs is 2. The Morgan fingerprint density at radius 2 is 1.73 bits per heavy atom. The van der Waals surface area contributed by atoms with Crippen LogP contribution in [0.15, 0.2) is 48.6 Å². The summed E-state index contributed by atoms with van der Waals surface area (Å²) in [6, 6.07) is 6.32. The Labute approximate surface area is 237 Å². The first-order chi connectivity index (χ1) is 19.2. The molecule has 4 aliphatic heterocycles. The minimum atomic E-state index is -1.31. The number of aliphatic hydroxyl groups excluding tert-OH is 1. The van der Waals surface area contributed by atoms with E-state index in [-0.39, 0.29) is 30.2 Å². The Balaban J connectivity index is 1.60. The molecule has 4 heterocycles. The van der Waals surface area contributed by atoms with Gasteiger partial charge in [-0.3, -0.25) is 14.4 Å². The summed E-state index contributed by atoms with van der Waals surface area (Å²) in [5.74, 6) is -2.38. The molecule has 0 saturated carbocycles. The number of aliphatic hydroxyl groups is 1. The van der Waals surface area contributed by atoms with Gasteiger partial charge in [-0.1, -0.05) is 44.6 Å². The second-order valence-electron chi connectivity index (χ2n) is 11.4. The molecule has 1 aromatic carbocycles. The van der Waals surface area contributed by atoms with Gasteiger partial charge in [-0.2, -0.15) is 0 Å². The van der Waals surface area contributed by atoms with Crippen molar-refractivity contribution in [1.82, 2.24) is 9.80 Å². The van der Waals surface area contributed by atoms with Crippen molar-refractivity contribution in [3.63, 3.8) is 0 Å². The lowest BCUT2D eigenvalue weighted by molar-refractivity contribution is -0.147. The van der Waals surface area contributed by atoms with E-state index in [2.05, 4.69) is 18.7 Å². The third kappa shape index (κ3) is 4.25. The third-order valence-corrected chi connectivity index (χ3v) is 9.43. The molecule has 1 aromatic rings. The zero-order chi connectivity index (χ0) is 28.8. The van der Waals surface area contributed by atoms with E-state index in [0.717, 1.165) is 30.9 Å². The predicted molar refractivity (Wildman–Crippen MR) is 154 cm³/mol. The maximum absolute atomic E-state index is 14.6. The van der Waals surface area contributed by atoms with Crippen LogP contribution in [0.4, 0.5) is 11.4 Å². The van der Waals surface area contributed by atoms with Crippen molar-refractivity contribution >= 4 is 29.1 Å². The van der Waals surface area contributed by atoms with Gasteiger partial charge in [0.25, 0.3) is 5.91 Å². The minimum Gasteiger partial charge on any atom is -0.394 e. The average Bonchev–Trinajstić information content (AvgIpc) is 3.29. The number of nitrogens with zero attached hydrogens (tertiary/aromatic N) is 4. The second kappa shape index (κ2) is 11.0. The number of amides is 3. The number of hydrogen-bond acceptors (Lipinski definition) is 6. The van der Waals surface area contributed by atoms with Gasteiger partial charge < -0.3 is 29.4 Å². The van der Waals surface area contributed by atoms with Gasteiger partial charge in [0.05, 0.1) is 30.6 Å². The van der Waals surface area contributed by atoms with Crippen LogP contribution in [0.2, 0.25) is 0 Å². The maximum Gasteiger partial charge on any atom is 0.253 e. The van der Waals surface area contributed by atoms with E-state index in [4.69, 9.17) is 4.74 Å². The molecule has 216 valence electrons. The summed E-state index contributed by atoms with van der Waals surface area (Å²) in [6.07, 6.45) is 7.60. The van der Waals surface area contributed by atoms with Gasteiger partial charge in [0.15, 0.2) is 0 Å². The van der Waals surface area contributed by atoms with Crippen LogP contribution in [0.1, 0.15) is 34.1 Å². The van der Waals surface area contributed by atoms with Crippen LogP contribution in [0, 0.1) is 17.8 Å². The fourth-order valence-electron chi connectivity index (χ4n) is 7.04. The molecule has 40 heavy (non-hydrogen) atoms. The number of anilines is 2. The molecule has 1 unspecified atom stereocenters. The van der Waals surface area contributed by atoms with E-state index in [9.17, 15) is 19.5 Å². The third-order valence-electron chi connectivity index (χ3n) is 9.43. The smallest absolute Gasteiger partial charge is 0.253 e. The molecule has 0 bridgehead atoms. The zero-order valence-corrected chi connectivity index (χ0v) is 24.2. The fourth-order valence-corrected chi connectivity index (χ4v) is 7.04. The summed E-state index contributed by atoms with van der Waals surface area (Å²) in [4.78, 5) is 49.7. The van der Waals surface area contributed by atoms with E-state index in [1.54, 1.807) is 21.7 Å². The minimum absolute atomic E-state index is 0.0603. The number of likely N-dealkylation sites (tertiary alicyclic amines) is 1. The highest BCUT2D eigenvalue weighted by atomic mass is 16.5. The number of ether oxygens (including phenoxy) is 1. The summed E-state index contributed by atoms with van der Waals surface area (Å²) in [5.41, 5.74) is 0.496. The van der Waals surface area contributed by atoms with E-state index in [0.29, 0.717) is 13.1 Å². The molecular formula is C31H42N4O5. The Bertz CT molecular complexity index is 1190. The summed E-state index contributed by atoms with van der Waals surface area (Å²) in [6.45, 7) is 10.4. The highest BCUT2D eigenvalue weighted by molar-refractivity contribution is 6.06. The molecule has 9 nitrogen and oxygen atoms in total. The van der Waals surface area contributed by atoms with Crippen LogP contribution in [-0.4, -0.2) is 96.3 Å². The molecule has 0 aliphatic carbocycles. The van der Waals surface area contributed by atoms with Crippen molar-refractivity contribution in [2.24, 2.45) is 17.8 Å². The van der Waals surface area contributed by atoms with E-state index >= 15 is 0 Å². The molecule has 1 spiro atoms. The molecule has 7 atom stereocenters. The van der Waals surface area contributed by atoms with Crippen molar-refractivity contribution in [3.8, 4) is 0 Å². The summed E-state index contributed by atoms with van der Waals surface area (Å²) in [5, 5.41) is 10.5. The predicted octanol–water partition coefficient (Wildman–Crippen LogP) is 2.45. The van der Waals surface area contributed by atoms with Crippen LogP contribution in [0.25, 0.3) is 0 Å². The molecule has 1 N–H and O–H groups in total. The van der Waals surface area contributed by atoms with Gasteiger partial charge >= 0.3 is 0 Å². The molecule has 2 saturated heterocycles. The summed E-state index contributed by atoms with van der Waals surface area (Å²) >= 11 is 0. The zero-order valence-electron chi connectivity index (χ0n) is 24.2. The number of carbonyl (C=O) groups excluding carboxylic acids is 3. The monoisotopic (exact) mass is 550 g/mol. The summed E-state index contributed by atoms with van der Waals surface area (Å²) in [7, 11) is 1.72. The maximum atomic E-state index is 14.6. The summed E-state index contributed by atoms with van der Waals surface area (Å²) < 4.78 is 6.68. The molecule has 2 fully saturated rings. The molecule has 3 amide bonds. The number of hydrogen-bond donors (Lipinski definition) is 1. The van der Waals surface area contributed by atoms with Crippen molar-refractivity contribution in [3.05, 3.63) is 48.6 Å².